The van der Waals surface area contributed by atoms with Gasteiger partial charge in [0, 0.05) is 11.7 Å². The van der Waals surface area contributed by atoms with Gasteiger partial charge in [0.1, 0.15) is 6.54 Å². The lowest BCUT2D eigenvalue weighted by molar-refractivity contribution is -0.114. The van der Waals surface area contributed by atoms with E-state index in [-0.39, 0.29) is 15.8 Å². The molecular formula is C27H29N3O4S2. The van der Waals surface area contributed by atoms with Crippen LogP contribution < -0.4 is 14.5 Å². The highest BCUT2D eigenvalue weighted by molar-refractivity contribution is 7.92. The number of hydrogen-bond donors (Lipinski definition) is 1. The van der Waals surface area contributed by atoms with Crippen LogP contribution in [0.25, 0.3) is 10.2 Å². The highest BCUT2D eigenvalue weighted by Crippen LogP contribution is 2.27. The average molecular weight is 524 g/mol. The molecule has 36 heavy (non-hydrogen) atoms. The summed E-state index contributed by atoms with van der Waals surface area (Å²) < 4.78 is 30.8. The summed E-state index contributed by atoms with van der Waals surface area (Å²) in [5.74, 6) is -0.487. The monoisotopic (exact) mass is 523 g/mol. The van der Waals surface area contributed by atoms with Crippen molar-refractivity contribution < 1.29 is 13.2 Å². The fourth-order valence-electron chi connectivity index (χ4n) is 3.97. The first-order valence-corrected chi connectivity index (χ1v) is 13.8. The Bertz CT molecular complexity index is 1600. The number of thiazole rings is 1. The zero-order valence-electron chi connectivity index (χ0n) is 20.9. The number of sulfonamides is 1. The Kier molecular flexibility index (Phi) is 7.06. The number of nitrogens with one attached hydrogen (secondary N) is 1. The van der Waals surface area contributed by atoms with Gasteiger partial charge in [-0.3, -0.25) is 18.5 Å². The van der Waals surface area contributed by atoms with Gasteiger partial charge in [0.25, 0.3) is 10.0 Å². The molecule has 0 unspecified atom stereocenters. The highest BCUT2D eigenvalue weighted by Gasteiger charge is 2.27. The van der Waals surface area contributed by atoms with E-state index in [1.165, 1.54) is 0 Å². The SMILES string of the molecule is Cc1ccc(S(=O)(=O)N(CC(=O)Nc2ccc3c(c2)sc(=O)n3C(C)C)c2ccc(C)c(C)c2)cc1. The van der Waals surface area contributed by atoms with Crippen molar-refractivity contribution in [3.8, 4) is 0 Å². The second-order valence-electron chi connectivity index (χ2n) is 9.16. The average Bonchev–Trinajstić information content (AvgIpc) is 3.14. The molecule has 188 valence electrons. The summed E-state index contributed by atoms with van der Waals surface area (Å²) in [4.78, 5) is 25.5. The van der Waals surface area contributed by atoms with Crippen LogP contribution in [0.2, 0.25) is 0 Å². The minimum absolute atomic E-state index is 0.0187. The van der Waals surface area contributed by atoms with Crippen LogP contribution in [-0.4, -0.2) is 25.4 Å². The van der Waals surface area contributed by atoms with E-state index in [2.05, 4.69) is 5.32 Å². The maximum atomic E-state index is 13.6. The number of anilines is 2. The van der Waals surface area contributed by atoms with Crippen molar-refractivity contribution in [3.05, 3.63) is 87.0 Å². The number of rotatable bonds is 7. The minimum Gasteiger partial charge on any atom is -0.324 e. The lowest BCUT2D eigenvalue weighted by Crippen LogP contribution is -2.38. The second kappa shape index (κ2) is 9.91. The van der Waals surface area contributed by atoms with Crippen molar-refractivity contribution >= 4 is 48.9 Å². The van der Waals surface area contributed by atoms with Crippen molar-refractivity contribution in [1.29, 1.82) is 0 Å². The molecule has 7 nitrogen and oxygen atoms in total. The van der Waals surface area contributed by atoms with E-state index in [4.69, 9.17) is 0 Å². The molecule has 0 saturated carbocycles. The summed E-state index contributed by atoms with van der Waals surface area (Å²) in [5.41, 5.74) is 4.60. The number of hydrogen-bond acceptors (Lipinski definition) is 5. The van der Waals surface area contributed by atoms with Gasteiger partial charge in [-0.1, -0.05) is 35.1 Å². The predicted octanol–water partition coefficient (Wildman–Crippen LogP) is 5.40. The molecule has 0 bridgehead atoms. The minimum atomic E-state index is -4.00. The topological polar surface area (TPSA) is 88.5 Å². The Hall–Kier alpha value is -3.43. The largest absolute Gasteiger partial charge is 0.324 e. The molecule has 0 atom stereocenters. The molecule has 4 rings (SSSR count). The Morgan fingerprint density at radius 2 is 1.67 bits per heavy atom. The number of nitrogens with zero attached hydrogens (tertiary/aromatic N) is 2. The molecule has 1 N–H and O–H groups in total. The molecule has 0 spiro atoms. The van der Waals surface area contributed by atoms with Gasteiger partial charge < -0.3 is 5.32 Å². The number of carbonyl (C=O) groups excluding carboxylic acids is 1. The third-order valence-electron chi connectivity index (χ3n) is 6.09. The van der Waals surface area contributed by atoms with Crippen LogP contribution >= 0.6 is 11.3 Å². The molecule has 0 radical (unpaired) electrons. The molecule has 0 fully saturated rings. The van der Waals surface area contributed by atoms with Crippen molar-refractivity contribution in [2.45, 2.75) is 45.6 Å². The van der Waals surface area contributed by atoms with Crippen LogP contribution in [-0.2, 0) is 14.8 Å². The maximum Gasteiger partial charge on any atom is 0.308 e. The number of benzene rings is 3. The summed E-state index contributed by atoms with van der Waals surface area (Å²) in [7, 11) is -4.00. The molecule has 0 aliphatic rings. The molecule has 1 amide bonds. The van der Waals surface area contributed by atoms with Crippen molar-refractivity contribution in [1.82, 2.24) is 4.57 Å². The van der Waals surface area contributed by atoms with Crippen LogP contribution in [0.4, 0.5) is 11.4 Å². The van der Waals surface area contributed by atoms with Crippen LogP contribution in [0.3, 0.4) is 0 Å². The standard InChI is InChI=1S/C27H29N3O4S2/c1-17(2)30-24-13-9-21(15-25(24)35-27(30)32)28-26(31)16-29(22-10-8-19(4)20(5)14-22)36(33,34)23-11-6-18(3)7-12-23/h6-15,17H,16H2,1-5H3,(H,28,31). The Labute approximate surface area is 215 Å². The Morgan fingerprint density at radius 3 is 2.31 bits per heavy atom. The van der Waals surface area contributed by atoms with E-state index >= 15 is 0 Å². The fourth-order valence-corrected chi connectivity index (χ4v) is 6.43. The Morgan fingerprint density at radius 1 is 0.972 bits per heavy atom. The van der Waals surface area contributed by atoms with Crippen LogP contribution in [0, 0.1) is 20.8 Å². The molecule has 9 heteroatoms. The predicted molar refractivity (Wildman–Crippen MR) is 147 cm³/mol. The van der Waals surface area contributed by atoms with E-state index in [0.717, 1.165) is 42.5 Å². The van der Waals surface area contributed by atoms with Gasteiger partial charge in [-0.2, -0.15) is 0 Å². The smallest absolute Gasteiger partial charge is 0.308 e. The lowest BCUT2D eigenvalue weighted by Gasteiger charge is -2.25. The summed E-state index contributed by atoms with van der Waals surface area (Å²) in [5, 5.41) is 2.80. The molecule has 4 aromatic rings. The first-order valence-electron chi connectivity index (χ1n) is 11.6. The van der Waals surface area contributed by atoms with Gasteiger partial charge >= 0.3 is 4.87 Å². The molecule has 3 aromatic carbocycles. The van der Waals surface area contributed by atoms with E-state index in [1.54, 1.807) is 59.2 Å². The number of aryl methyl sites for hydroxylation is 3. The number of aromatic nitrogens is 1. The van der Waals surface area contributed by atoms with Gasteiger partial charge in [-0.25, -0.2) is 8.42 Å². The van der Waals surface area contributed by atoms with Crippen molar-refractivity contribution in [3.63, 3.8) is 0 Å². The van der Waals surface area contributed by atoms with Gasteiger partial charge in [-0.05, 0) is 88.2 Å². The summed E-state index contributed by atoms with van der Waals surface area (Å²) in [6.45, 7) is 9.22. The van der Waals surface area contributed by atoms with Crippen molar-refractivity contribution in [2.75, 3.05) is 16.2 Å². The highest BCUT2D eigenvalue weighted by atomic mass is 32.2. The first kappa shape index (κ1) is 25.7. The van der Waals surface area contributed by atoms with E-state index in [9.17, 15) is 18.0 Å². The van der Waals surface area contributed by atoms with Crippen LogP contribution in [0.15, 0.2) is 70.4 Å². The third kappa shape index (κ3) is 5.08. The molecule has 0 saturated heterocycles. The maximum absolute atomic E-state index is 13.6. The van der Waals surface area contributed by atoms with Crippen LogP contribution in [0.1, 0.15) is 36.6 Å². The molecule has 1 aromatic heterocycles. The van der Waals surface area contributed by atoms with Gasteiger partial charge in [-0.15, -0.1) is 0 Å². The van der Waals surface area contributed by atoms with Crippen molar-refractivity contribution in [2.24, 2.45) is 0 Å². The number of fused-ring (bicyclic) bond motifs is 1. The number of amides is 1. The zero-order valence-corrected chi connectivity index (χ0v) is 22.5. The molecule has 1 heterocycles. The van der Waals surface area contributed by atoms with Crippen LogP contribution in [0.5, 0.6) is 0 Å². The van der Waals surface area contributed by atoms with E-state index in [1.807, 2.05) is 40.7 Å². The molecular weight excluding hydrogens is 494 g/mol. The first-order chi connectivity index (χ1) is 17.0. The fraction of sp³-hybridized carbons (Fsp3) is 0.259. The summed E-state index contributed by atoms with van der Waals surface area (Å²) in [6, 6.07) is 17.2. The van der Waals surface area contributed by atoms with Gasteiger partial charge in [0.05, 0.1) is 20.8 Å². The van der Waals surface area contributed by atoms with Gasteiger partial charge in [0.15, 0.2) is 0 Å². The normalized spacial score (nSPS) is 11.7. The quantitative estimate of drug-likeness (QED) is 0.351. The van der Waals surface area contributed by atoms with E-state index < -0.39 is 22.5 Å². The molecule has 0 aliphatic carbocycles. The van der Waals surface area contributed by atoms with Gasteiger partial charge in [0.2, 0.25) is 5.91 Å². The molecule has 0 aliphatic heterocycles. The number of carbonyl (C=O) groups is 1. The third-order valence-corrected chi connectivity index (χ3v) is 8.79. The van der Waals surface area contributed by atoms with E-state index in [0.29, 0.717) is 11.4 Å². The lowest BCUT2D eigenvalue weighted by atomic mass is 10.1. The summed E-state index contributed by atoms with van der Waals surface area (Å²) >= 11 is 1.11. The summed E-state index contributed by atoms with van der Waals surface area (Å²) in [6.07, 6.45) is 0. The Balaban J connectivity index is 1.66. The zero-order chi connectivity index (χ0) is 26.2. The second-order valence-corrected chi connectivity index (χ2v) is 12.0.